The Morgan fingerprint density at radius 1 is 1.24 bits per heavy atom. The molecule has 6 heteroatoms. The fourth-order valence-electron chi connectivity index (χ4n) is 2.12. The second-order valence-corrected chi connectivity index (χ2v) is 4.89. The first-order valence-electron chi connectivity index (χ1n) is 5.34. The fourth-order valence-corrected chi connectivity index (χ4v) is 2.61. The molecule has 0 spiro atoms. The molecule has 0 amide bonds. The van der Waals surface area contributed by atoms with Crippen LogP contribution in [0.3, 0.4) is 0 Å². The molecule has 4 nitrogen and oxygen atoms in total. The smallest absolute Gasteiger partial charge is 0.166 e. The first-order chi connectivity index (χ1) is 8.16. The second kappa shape index (κ2) is 3.89. The highest BCUT2D eigenvalue weighted by atomic mass is 35.5. The molecule has 1 aliphatic rings. The highest BCUT2D eigenvalue weighted by Crippen LogP contribution is 2.35. The lowest BCUT2D eigenvalue weighted by Gasteiger charge is -2.08. The van der Waals surface area contributed by atoms with Gasteiger partial charge in [-0.25, -0.2) is 0 Å². The van der Waals surface area contributed by atoms with Crippen LogP contribution in [0.2, 0.25) is 10.0 Å². The van der Waals surface area contributed by atoms with E-state index in [2.05, 4.69) is 14.8 Å². The average molecular weight is 269 g/mol. The predicted molar refractivity (Wildman–Crippen MR) is 68.2 cm³/mol. The zero-order valence-electron chi connectivity index (χ0n) is 8.95. The third kappa shape index (κ3) is 1.68. The first-order valence-corrected chi connectivity index (χ1v) is 6.09. The average Bonchev–Trinajstić information content (AvgIpc) is 2.85. The highest BCUT2D eigenvalue weighted by molar-refractivity contribution is 6.37. The Labute approximate surface area is 108 Å². The molecule has 0 saturated carbocycles. The minimum Gasteiger partial charge on any atom is -0.397 e. The number of fused-ring (bicyclic) bond motifs is 1. The number of halogens is 2. The molecule has 1 aromatic heterocycles. The monoisotopic (exact) mass is 268 g/mol. The Morgan fingerprint density at radius 2 is 2.06 bits per heavy atom. The van der Waals surface area contributed by atoms with E-state index in [0.717, 1.165) is 36.6 Å². The molecule has 1 aliphatic heterocycles. The largest absolute Gasteiger partial charge is 0.397 e. The summed E-state index contributed by atoms with van der Waals surface area (Å²) in [5.74, 6) is 1.75. The van der Waals surface area contributed by atoms with Gasteiger partial charge in [0.15, 0.2) is 5.82 Å². The van der Waals surface area contributed by atoms with Gasteiger partial charge in [-0.3, -0.25) is 0 Å². The van der Waals surface area contributed by atoms with Crippen LogP contribution in [0.5, 0.6) is 0 Å². The van der Waals surface area contributed by atoms with E-state index < -0.39 is 0 Å². The van der Waals surface area contributed by atoms with Crippen LogP contribution in [0.4, 0.5) is 5.69 Å². The number of nitrogen functional groups attached to an aromatic ring is 1. The van der Waals surface area contributed by atoms with Crippen molar-refractivity contribution in [2.45, 2.75) is 19.4 Å². The Kier molecular flexibility index (Phi) is 2.49. The van der Waals surface area contributed by atoms with Crippen LogP contribution >= 0.6 is 23.2 Å². The van der Waals surface area contributed by atoms with Crippen molar-refractivity contribution in [2.75, 3.05) is 5.73 Å². The zero-order valence-corrected chi connectivity index (χ0v) is 10.5. The summed E-state index contributed by atoms with van der Waals surface area (Å²) in [4.78, 5) is 0. The van der Waals surface area contributed by atoms with Crippen LogP contribution in [0.25, 0.3) is 11.4 Å². The van der Waals surface area contributed by atoms with Gasteiger partial charge in [-0.05, 0) is 18.6 Å². The Bertz CT molecular complexity index is 591. The Balaban J connectivity index is 2.21. The number of benzene rings is 1. The Morgan fingerprint density at radius 3 is 2.88 bits per heavy atom. The van der Waals surface area contributed by atoms with Crippen molar-refractivity contribution >= 4 is 28.9 Å². The van der Waals surface area contributed by atoms with E-state index in [4.69, 9.17) is 28.9 Å². The Hall–Kier alpha value is -1.26. The van der Waals surface area contributed by atoms with Crippen LogP contribution in [0.1, 0.15) is 12.2 Å². The number of aromatic nitrogens is 3. The van der Waals surface area contributed by atoms with Gasteiger partial charge in [0, 0.05) is 23.6 Å². The van der Waals surface area contributed by atoms with E-state index >= 15 is 0 Å². The molecule has 2 heterocycles. The molecule has 0 aliphatic carbocycles. The molecule has 88 valence electrons. The lowest BCUT2D eigenvalue weighted by atomic mass is 10.1. The molecule has 1 aromatic carbocycles. The lowest BCUT2D eigenvalue weighted by Crippen LogP contribution is -2.00. The molecule has 0 saturated heterocycles. The summed E-state index contributed by atoms with van der Waals surface area (Å²) in [6.07, 6.45) is 2.05. The number of anilines is 1. The number of aryl methyl sites for hydroxylation is 1. The number of rotatable bonds is 1. The van der Waals surface area contributed by atoms with Gasteiger partial charge in [0.1, 0.15) is 5.82 Å². The van der Waals surface area contributed by atoms with Gasteiger partial charge < -0.3 is 10.3 Å². The van der Waals surface area contributed by atoms with Crippen molar-refractivity contribution < 1.29 is 0 Å². The fraction of sp³-hybridized carbons (Fsp3) is 0.273. The summed E-state index contributed by atoms with van der Waals surface area (Å²) < 4.78 is 2.07. The molecular formula is C11H10Cl2N4. The van der Waals surface area contributed by atoms with Gasteiger partial charge >= 0.3 is 0 Å². The second-order valence-electron chi connectivity index (χ2n) is 4.04. The SMILES string of the molecule is Nc1c(Cl)cc(Cl)cc1-c1nnc2n1CCC2. The lowest BCUT2D eigenvalue weighted by molar-refractivity contribution is 0.749. The summed E-state index contributed by atoms with van der Waals surface area (Å²) >= 11 is 12.0. The molecule has 2 aromatic rings. The molecule has 0 bridgehead atoms. The van der Waals surface area contributed by atoms with E-state index in [9.17, 15) is 0 Å². The standard InChI is InChI=1S/C11H10Cl2N4/c12-6-4-7(10(14)8(13)5-6)11-16-15-9-2-1-3-17(9)11/h4-5H,1-3,14H2. The zero-order chi connectivity index (χ0) is 12.0. The van der Waals surface area contributed by atoms with Crippen LogP contribution in [-0.2, 0) is 13.0 Å². The molecule has 3 rings (SSSR count). The van der Waals surface area contributed by atoms with Crippen LogP contribution in [0, 0.1) is 0 Å². The maximum atomic E-state index is 6.02. The van der Waals surface area contributed by atoms with Crippen molar-refractivity contribution in [3.05, 3.63) is 28.0 Å². The van der Waals surface area contributed by atoms with Gasteiger partial charge in [-0.1, -0.05) is 23.2 Å². The molecule has 0 fully saturated rings. The number of hydrogen-bond donors (Lipinski definition) is 1. The minimum absolute atomic E-state index is 0.447. The summed E-state index contributed by atoms with van der Waals surface area (Å²) in [6, 6.07) is 3.40. The number of nitrogens with two attached hydrogens (primary N) is 1. The van der Waals surface area contributed by atoms with Crippen molar-refractivity contribution in [1.82, 2.24) is 14.8 Å². The van der Waals surface area contributed by atoms with Crippen molar-refractivity contribution in [2.24, 2.45) is 0 Å². The summed E-state index contributed by atoms with van der Waals surface area (Å²) in [5.41, 5.74) is 7.22. The van der Waals surface area contributed by atoms with Gasteiger partial charge in [-0.2, -0.15) is 0 Å². The van der Waals surface area contributed by atoms with E-state index in [0.29, 0.717) is 15.7 Å². The minimum atomic E-state index is 0.447. The molecule has 2 N–H and O–H groups in total. The van der Waals surface area contributed by atoms with Crippen LogP contribution < -0.4 is 5.73 Å². The van der Waals surface area contributed by atoms with E-state index in [1.807, 2.05) is 0 Å². The summed E-state index contributed by atoms with van der Waals surface area (Å²) in [7, 11) is 0. The van der Waals surface area contributed by atoms with Crippen molar-refractivity contribution in [1.29, 1.82) is 0 Å². The maximum absolute atomic E-state index is 6.02. The third-order valence-corrected chi connectivity index (χ3v) is 3.48. The van der Waals surface area contributed by atoms with E-state index in [1.54, 1.807) is 12.1 Å². The van der Waals surface area contributed by atoms with E-state index in [-0.39, 0.29) is 0 Å². The quantitative estimate of drug-likeness (QED) is 0.810. The van der Waals surface area contributed by atoms with Gasteiger partial charge in [-0.15, -0.1) is 10.2 Å². The molecule has 0 atom stereocenters. The predicted octanol–water partition coefficient (Wildman–Crippen LogP) is 2.78. The third-order valence-electron chi connectivity index (χ3n) is 2.94. The number of hydrogen-bond acceptors (Lipinski definition) is 3. The van der Waals surface area contributed by atoms with Crippen molar-refractivity contribution in [3.63, 3.8) is 0 Å². The molecule has 0 unspecified atom stereocenters. The highest BCUT2D eigenvalue weighted by Gasteiger charge is 2.20. The molecule has 0 radical (unpaired) electrons. The topological polar surface area (TPSA) is 56.7 Å². The first kappa shape index (κ1) is 10.9. The van der Waals surface area contributed by atoms with Gasteiger partial charge in [0.25, 0.3) is 0 Å². The summed E-state index contributed by atoms with van der Waals surface area (Å²) in [5, 5.41) is 9.31. The van der Waals surface area contributed by atoms with E-state index in [1.165, 1.54) is 0 Å². The van der Waals surface area contributed by atoms with Crippen LogP contribution in [-0.4, -0.2) is 14.8 Å². The van der Waals surface area contributed by atoms with Gasteiger partial charge in [0.2, 0.25) is 0 Å². The normalized spacial score (nSPS) is 14.0. The summed E-state index contributed by atoms with van der Waals surface area (Å²) in [6.45, 7) is 0.918. The van der Waals surface area contributed by atoms with Gasteiger partial charge in [0.05, 0.1) is 10.7 Å². The molecule has 17 heavy (non-hydrogen) atoms. The van der Waals surface area contributed by atoms with Crippen molar-refractivity contribution in [3.8, 4) is 11.4 Å². The van der Waals surface area contributed by atoms with Crippen LogP contribution in [0.15, 0.2) is 12.1 Å². The number of nitrogens with zero attached hydrogens (tertiary/aromatic N) is 3. The maximum Gasteiger partial charge on any atom is 0.166 e. The molecular weight excluding hydrogens is 259 g/mol.